The summed E-state index contributed by atoms with van der Waals surface area (Å²) in [6.45, 7) is 3.04. The van der Waals surface area contributed by atoms with Crippen LogP contribution in [-0.4, -0.2) is 75.8 Å². The van der Waals surface area contributed by atoms with Crippen molar-refractivity contribution in [1.82, 2.24) is 14.8 Å². The maximum Gasteiger partial charge on any atom is 0.303 e. The number of halogens is 1. The van der Waals surface area contributed by atoms with Crippen LogP contribution in [0.25, 0.3) is 10.9 Å². The van der Waals surface area contributed by atoms with Crippen LogP contribution in [0.15, 0.2) is 71.7 Å². The summed E-state index contributed by atoms with van der Waals surface area (Å²) < 4.78 is 13.9. The van der Waals surface area contributed by atoms with Crippen molar-refractivity contribution in [3.05, 3.63) is 94.8 Å². The number of amides is 1. The molecule has 8 nitrogen and oxygen atoms in total. The predicted molar refractivity (Wildman–Crippen MR) is 147 cm³/mol. The number of carbonyl (C=O) groups is 2. The Hall–Kier alpha value is -4.50. The molecule has 3 aromatic carbocycles. The number of aryl methyl sites for hydroxylation is 1. The summed E-state index contributed by atoms with van der Waals surface area (Å²) in [6, 6.07) is 18.5. The van der Waals surface area contributed by atoms with Crippen molar-refractivity contribution < 1.29 is 24.2 Å². The molecule has 5 rings (SSSR count). The fraction of sp³-hybridized carbons (Fsp3) is 0.233. The first-order chi connectivity index (χ1) is 18.8. The van der Waals surface area contributed by atoms with Gasteiger partial charge in [-0.3, -0.25) is 9.59 Å². The van der Waals surface area contributed by atoms with Gasteiger partial charge in [-0.25, -0.2) is 9.38 Å². The largest absolute Gasteiger partial charge is 0.494 e. The van der Waals surface area contributed by atoms with Crippen molar-refractivity contribution >= 4 is 34.2 Å². The molecular formula is C30H29FN4O4. The Morgan fingerprint density at radius 2 is 1.62 bits per heavy atom. The van der Waals surface area contributed by atoms with E-state index in [1.807, 2.05) is 36.2 Å². The summed E-state index contributed by atoms with van der Waals surface area (Å²) in [4.78, 5) is 35.6. The summed E-state index contributed by atoms with van der Waals surface area (Å²) in [7, 11) is 2.04. The monoisotopic (exact) mass is 528 g/mol. The van der Waals surface area contributed by atoms with Crippen LogP contribution in [0.2, 0.25) is 0 Å². The third-order valence-corrected chi connectivity index (χ3v) is 6.98. The van der Waals surface area contributed by atoms with Crippen molar-refractivity contribution in [3.63, 3.8) is 0 Å². The number of likely N-dealkylation sites (N-methyl/N-ethyl adjacent to an activating group) is 1. The molecule has 0 spiro atoms. The lowest BCUT2D eigenvalue weighted by atomic mass is 9.98. The zero-order valence-corrected chi connectivity index (χ0v) is 21.5. The Labute approximate surface area is 225 Å². The van der Waals surface area contributed by atoms with Gasteiger partial charge in [0.05, 0.1) is 22.5 Å². The van der Waals surface area contributed by atoms with Crippen LogP contribution in [-0.2, 0) is 11.2 Å². The number of nitrogens with one attached hydrogen (secondary N) is 1. The van der Waals surface area contributed by atoms with E-state index in [1.54, 1.807) is 30.3 Å². The van der Waals surface area contributed by atoms with Gasteiger partial charge in [0.1, 0.15) is 5.82 Å². The molecule has 1 aliphatic rings. The van der Waals surface area contributed by atoms with Crippen molar-refractivity contribution in [2.24, 2.45) is 4.99 Å². The van der Waals surface area contributed by atoms with Gasteiger partial charge in [0.15, 0.2) is 5.88 Å². The van der Waals surface area contributed by atoms with E-state index in [-0.39, 0.29) is 18.2 Å². The van der Waals surface area contributed by atoms with Gasteiger partial charge in [-0.15, -0.1) is 0 Å². The van der Waals surface area contributed by atoms with Gasteiger partial charge in [-0.1, -0.05) is 24.3 Å². The summed E-state index contributed by atoms with van der Waals surface area (Å²) in [5.41, 5.74) is 4.00. The average Bonchev–Trinajstić information content (AvgIpc) is 3.25. The Kier molecular flexibility index (Phi) is 7.42. The fourth-order valence-corrected chi connectivity index (χ4v) is 4.74. The van der Waals surface area contributed by atoms with Crippen LogP contribution in [0.3, 0.4) is 0 Å². The standard InChI is InChI=1S/C30H29FN4O4/c1-34-14-16-35(17-15-34)30(39)21-7-10-23(11-8-21)32-28(20-5-2-19(3-6-20)4-13-26(36)37)27-24-12-9-22(31)18-25(24)33-29(27)38/h2-3,5-12,18,33,38H,4,13-17H2,1H3,(H,36,37). The number of carboxylic acids is 1. The first-order valence-electron chi connectivity index (χ1n) is 12.8. The zero-order chi connectivity index (χ0) is 27.5. The SMILES string of the molecule is CN1CCN(C(=O)c2ccc(N=C(c3ccc(CCC(=O)O)cc3)c3c(O)[nH]c4cc(F)ccc34)cc2)CC1. The number of fused-ring (bicyclic) bond motifs is 1. The van der Waals surface area contributed by atoms with Gasteiger partial charge < -0.3 is 25.0 Å². The molecule has 2 heterocycles. The van der Waals surface area contributed by atoms with Crippen LogP contribution < -0.4 is 0 Å². The van der Waals surface area contributed by atoms with Gasteiger partial charge in [-0.05, 0) is 61.5 Å². The van der Waals surface area contributed by atoms with Gasteiger partial charge in [-0.2, -0.15) is 0 Å². The van der Waals surface area contributed by atoms with Crippen LogP contribution in [0.1, 0.15) is 33.5 Å². The molecule has 0 aliphatic carbocycles. The second kappa shape index (κ2) is 11.1. The number of aliphatic imine (C=N–C) groups is 1. The average molecular weight is 529 g/mol. The van der Waals surface area contributed by atoms with Gasteiger partial charge >= 0.3 is 5.97 Å². The third-order valence-electron chi connectivity index (χ3n) is 6.98. The van der Waals surface area contributed by atoms with Crippen LogP contribution in [0.4, 0.5) is 10.1 Å². The molecule has 0 radical (unpaired) electrons. The number of carboxylic acid groups (broad SMARTS) is 1. The van der Waals surface area contributed by atoms with E-state index < -0.39 is 11.8 Å². The molecule has 0 bridgehead atoms. The topological polar surface area (TPSA) is 109 Å². The lowest BCUT2D eigenvalue weighted by Crippen LogP contribution is -2.47. The number of rotatable bonds is 7. The number of aromatic amines is 1. The Balaban J connectivity index is 1.51. The van der Waals surface area contributed by atoms with Crippen molar-refractivity contribution in [3.8, 4) is 5.88 Å². The van der Waals surface area contributed by atoms with Crippen molar-refractivity contribution in [1.29, 1.82) is 0 Å². The third kappa shape index (κ3) is 5.83. The number of benzene rings is 3. The number of carbonyl (C=O) groups excluding carboxylic acids is 1. The maximum absolute atomic E-state index is 13.9. The molecule has 39 heavy (non-hydrogen) atoms. The van der Waals surface area contributed by atoms with E-state index in [1.165, 1.54) is 12.1 Å². The predicted octanol–water partition coefficient (Wildman–Crippen LogP) is 4.59. The molecule has 0 saturated carbocycles. The molecule has 1 amide bonds. The minimum atomic E-state index is -0.869. The van der Waals surface area contributed by atoms with E-state index in [2.05, 4.69) is 9.88 Å². The molecule has 1 aliphatic heterocycles. The minimum Gasteiger partial charge on any atom is -0.494 e. The number of hydrogen-bond acceptors (Lipinski definition) is 5. The smallest absolute Gasteiger partial charge is 0.303 e. The highest BCUT2D eigenvalue weighted by Crippen LogP contribution is 2.32. The van der Waals surface area contributed by atoms with E-state index in [0.29, 0.717) is 58.5 Å². The van der Waals surface area contributed by atoms with Gasteiger partial charge in [0.25, 0.3) is 5.91 Å². The van der Waals surface area contributed by atoms with E-state index in [4.69, 9.17) is 10.1 Å². The lowest BCUT2D eigenvalue weighted by molar-refractivity contribution is -0.136. The molecule has 1 aromatic heterocycles. The number of aromatic nitrogens is 1. The first-order valence-corrected chi connectivity index (χ1v) is 12.8. The minimum absolute atomic E-state index is 0.0212. The molecule has 200 valence electrons. The Morgan fingerprint density at radius 1 is 0.949 bits per heavy atom. The Bertz CT molecular complexity index is 1540. The number of piperazine rings is 1. The Morgan fingerprint density at radius 3 is 2.28 bits per heavy atom. The summed E-state index contributed by atoms with van der Waals surface area (Å²) >= 11 is 0. The number of aliphatic carboxylic acids is 1. The second-order valence-electron chi connectivity index (χ2n) is 9.73. The number of nitrogens with zero attached hydrogens (tertiary/aromatic N) is 3. The summed E-state index contributed by atoms with van der Waals surface area (Å²) in [5, 5.41) is 20.4. The van der Waals surface area contributed by atoms with Crippen molar-refractivity contribution in [2.75, 3.05) is 33.2 Å². The molecule has 0 atom stereocenters. The molecule has 1 saturated heterocycles. The zero-order valence-electron chi connectivity index (χ0n) is 21.5. The summed E-state index contributed by atoms with van der Waals surface area (Å²) in [5.74, 6) is -1.47. The molecule has 4 aromatic rings. The van der Waals surface area contributed by atoms with E-state index in [0.717, 1.165) is 18.7 Å². The maximum atomic E-state index is 13.9. The molecular weight excluding hydrogens is 499 g/mol. The number of hydrogen-bond donors (Lipinski definition) is 3. The van der Waals surface area contributed by atoms with Crippen LogP contribution in [0.5, 0.6) is 5.88 Å². The van der Waals surface area contributed by atoms with Crippen LogP contribution in [0, 0.1) is 5.82 Å². The highest BCUT2D eigenvalue weighted by atomic mass is 19.1. The highest BCUT2D eigenvalue weighted by Gasteiger charge is 2.21. The fourth-order valence-electron chi connectivity index (χ4n) is 4.74. The molecule has 0 unspecified atom stereocenters. The molecule has 1 fully saturated rings. The van der Waals surface area contributed by atoms with Crippen LogP contribution >= 0.6 is 0 Å². The normalized spacial score (nSPS) is 14.6. The number of H-pyrrole nitrogens is 1. The first kappa shape index (κ1) is 26.1. The highest BCUT2D eigenvalue weighted by molar-refractivity contribution is 6.21. The van der Waals surface area contributed by atoms with E-state index in [9.17, 15) is 19.1 Å². The van der Waals surface area contributed by atoms with Gasteiger partial charge in [0, 0.05) is 49.1 Å². The molecule has 9 heteroatoms. The van der Waals surface area contributed by atoms with Crippen molar-refractivity contribution in [2.45, 2.75) is 12.8 Å². The van der Waals surface area contributed by atoms with E-state index >= 15 is 0 Å². The quantitative estimate of drug-likeness (QED) is 0.304. The summed E-state index contributed by atoms with van der Waals surface area (Å²) in [6.07, 6.45) is 0.413. The second-order valence-corrected chi connectivity index (χ2v) is 9.73. The van der Waals surface area contributed by atoms with Gasteiger partial charge in [0.2, 0.25) is 0 Å². The molecule has 3 N–H and O–H groups in total. The lowest BCUT2D eigenvalue weighted by Gasteiger charge is -2.32. The number of aromatic hydroxyl groups is 1.